The Morgan fingerprint density at radius 1 is 1.16 bits per heavy atom. The van der Waals surface area contributed by atoms with Crippen LogP contribution in [0.25, 0.3) is 22.6 Å². The van der Waals surface area contributed by atoms with Crippen molar-refractivity contribution >= 4 is 11.0 Å². The first-order valence-corrected chi connectivity index (χ1v) is 8.11. The molecule has 3 rings (SSSR count). The zero-order chi connectivity index (χ0) is 18.1. The summed E-state index contributed by atoms with van der Waals surface area (Å²) < 4.78 is 1.74. The van der Waals surface area contributed by atoms with Crippen molar-refractivity contribution in [1.82, 2.24) is 19.5 Å². The van der Waals surface area contributed by atoms with E-state index < -0.39 is 17.4 Å². The van der Waals surface area contributed by atoms with Crippen LogP contribution in [0, 0.1) is 13.8 Å². The molecule has 0 bridgehead atoms. The Bertz CT molecular complexity index is 1010. The maximum atomic E-state index is 12.1. The predicted molar refractivity (Wildman–Crippen MR) is 92.8 cm³/mol. The van der Waals surface area contributed by atoms with Crippen LogP contribution in [0.3, 0.4) is 0 Å². The van der Waals surface area contributed by atoms with Gasteiger partial charge in [0.05, 0.1) is 17.1 Å². The summed E-state index contributed by atoms with van der Waals surface area (Å²) in [6, 6.07) is 3.82. The molecule has 132 valence electrons. The van der Waals surface area contributed by atoms with Gasteiger partial charge in [0, 0.05) is 13.2 Å². The van der Waals surface area contributed by atoms with Gasteiger partial charge in [0.1, 0.15) is 0 Å². The highest BCUT2D eigenvalue weighted by atomic mass is 16.3. The van der Waals surface area contributed by atoms with Gasteiger partial charge in [-0.1, -0.05) is 0 Å². The van der Waals surface area contributed by atoms with Crippen molar-refractivity contribution in [3.05, 3.63) is 44.1 Å². The van der Waals surface area contributed by atoms with Crippen LogP contribution in [-0.4, -0.2) is 42.4 Å². The van der Waals surface area contributed by atoms with Gasteiger partial charge in [0.15, 0.2) is 11.5 Å². The summed E-state index contributed by atoms with van der Waals surface area (Å²) in [4.78, 5) is 34.2. The van der Waals surface area contributed by atoms with E-state index in [2.05, 4.69) is 15.0 Å². The number of aliphatic hydroxyl groups is 2. The van der Waals surface area contributed by atoms with Crippen LogP contribution in [0.5, 0.6) is 0 Å². The van der Waals surface area contributed by atoms with E-state index in [1.165, 1.54) is 0 Å². The maximum absolute atomic E-state index is 12.1. The van der Waals surface area contributed by atoms with Gasteiger partial charge in [-0.15, -0.1) is 0 Å². The summed E-state index contributed by atoms with van der Waals surface area (Å²) in [7, 11) is 0. The Hall–Kier alpha value is -2.58. The maximum Gasteiger partial charge on any atom is 0.349 e. The Morgan fingerprint density at radius 3 is 2.60 bits per heavy atom. The highest BCUT2D eigenvalue weighted by Crippen LogP contribution is 2.24. The third-order valence-corrected chi connectivity index (χ3v) is 4.37. The highest BCUT2D eigenvalue weighted by molar-refractivity contribution is 5.81. The summed E-state index contributed by atoms with van der Waals surface area (Å²) in [6.07, 6.45) is -0.0637. The molecule has 8 heteroatoms. The van der Waals surface area contributed by atoms with Crippen LogP contribution in [0.2, 0.25) is 0 Å². The summed E-state index contributed by atoms with van der Waals surface area (Å²) >= 11 is 0. The fourth-order valence-corrected chi connectivity index (χ4v) is 2.85. The number of fused-ring (bicyclic) bond motifs is 2. The van der Waals surface area contributed by atoms with Gasteiger partial charge in [-0.25, -0.2) is 9.78 Å². The van der Waals surface area contributed by atoms with Gasteiger partial charge < -0.3 is 14.8 Å². The highest BCUT2D eigenvalue weighted by Gasteiger charge is 2.19. The molecule has 1 atom stereocenters. The van der Waals surface area contributed by atoms with Crippen LogP contribution in [-0.2, 0) is 6.54 Å². The molecule has 1 aromatic rings. The van der Waals surface area contributed by atoms with Crippen LogP contribution in [0.4, 0.5) is 0 Å². The van der Waals surface area contributed by atoms with Crippen LogP contribution < -0.4 is 11.2 Å². The molecule has 0 fully saturated rings. The largest absolute Gasteiger partial charge is 0.396 e. The number of aromatic amines is 1. The second kappa shape index (κ2) is 6.73. The van der Waals surface area contributed by atoms with Crippen molar-refractivity contribution in [1.29, 1.82) is 0 Å². The monoisotopic (exact) mass is 344 g/mol. The lowest BCUT2D eigenvalue weighted by atomic mass is 10.1. The van der Waals surface area contributed by atoms with Gasteiger partial charge in [0.2, 0.25) is 0 Å². The first kappa shape index (κ1) is 17.2. The number of aliphatic hydroxyl groups excluding tert-OH is 2. The quantitative estimate of drug-likeness (QED) is 0.574. The van der Waals surface area contributed by atoms with Crippen molar-refractivity contribution in [2.45, 2.75) is 39.3 Å². The number of nitrogens with one attached hydrogen (secondary N) is 1. The van der Waals surface area contributed by atoms with E-state index >= 15 is 0 Å². The van der Waals surface area contributed by atoms with Crippen molar-refractivity contribution in [2.75, 3.05) is 6.61 Å². The van der Waals surface area contributed by atoms with Gasteiger partial charge in [-0.3, -0.25) is 9.78 Å². The average Bonchev–Trinajstić information content (AvgIpc) is 2.54. The molecule has 8 nitrogen and oxygen atoms in total. The number of H-pyrrole nitrogens is 1. The third kappa shape index (κ3) is 3.31. The summed E-state index contributed by atoms with van der Waals surface area (Å²) in [5, 5.41) is 18.9. The average molecular weight is 344 g/mol. The fraction of sp³-hybridized carbons (Fsp3) is 0.412. The Kier molecular flexibility index (Phi) is 4.65. The molecular weight excluding hydrogens is 324 g/mol. The number of hydrogen-bond donors (Lipinski definition) is 3. The molecule has 2 aliphatic heterocycles. The molecule has 2 aliphatic rings. The molecule has 1 unspecified atom stereocenters. The van der Waals surface area contributed by atoms with Gasteiger partial charge in [-0.2, -0.15) is 4.98 Å². The molecule has 0 spiro atoms. The standard InChI is InChI=1S/C17H20N4O4/c1-9-7-12-13(8-10(9)2)21(5-3-11(23)4-6-22)15-14(18-12)16(24)20-17(25)19-15/h7-8,11,22-23H,3-6H2,1-2H3,(H,20,24,25). The molecule has 2 heterocycles. The Morgan fingerprint density at radius 2 is 1.88 bits per heavy atom. The van der Waals surface area contributed by atoms with E-state index in [9.17, 15) is 14.7 Å². The van der Waals surface area contributed by atoms with E-state index in [0.29, 0.717) is 18.5 Å². The summed E-state index contributed by atoms with van der Waals surface area (Å²) in [5.41, 5.74) is 2.22. The van der Waals surface area contributed by atoms with Crippen molar-refractivity contribution < 1.29 is 10.2 Å². The molecule has 0 amide bonds. The Labute approximate surface area is 143 Å². The third-order valence-electron chi connectivity index (χ3n) is 4.37. The van der Waals surface area contributed by atoms with Crippen LogP contribution >= 0.6 is 0 Å². The first-order chi connectivity index (χ1) is 11.9. The normalized spacial score (nSPS) is 12.8. The number of benzene rings is 1. The van der Waals surface area contributed by atoms with E-state index in [0.717, 1.165) is 16.6 Å². The van der Waals surface area contributed by atoms with E-state index in [-0.39, 0.29) is 24.5 Å². The van der Waals surface area contributed by atoms with Gasteiger partial charge in [-0.05, 0) is 49.9 Å². The minimum absolute atomic E-state index is 0.0898. The van der Waals surface area contributed by atoms with Crippen molar-refractivity contribution in [3.63, 3.8) is 0 Å². The molecular formula is C17H20N4O4. The smallest absolute Gasteiger partial charge is 0.349 e. The predicted octanol–water partition coefficient (Wildman–Crippen LogP) is 0.335. The number of aromatic nitrogens is 4. The number of nitrogens with zero attached hydrogens (tertiary/aromatic N) is 3. The number of aryl methyl sites for hydroxylation is 3. The molecule has 0 aliphatic carbocycles. The van der Waals surface area contributed by atoms with Crippen molar-refractivity contribution in [3.8, 4) is 11.5 Å². The molecule has 25 heavy (non-hydrogen) atoms. The second-order valence-corrected chi connectivity index (χ2v) is 6.19. The zero-order valence-electron chi connectivity index (χ0n) is 14.1. The minimum atomic E-state index is -0.729. The fourth-order valence-electron chi connectivity index (χ4n) is 2.85. The van der Waals surface area contributed by atoms with Crippen molar-refractivity contribution in [2.24, 2.45) is 0 Å². The molecule has 0 saturated heterocycles. The molecule has 0 saturated carbocycles. The summed E-state index contributed by atoms with van der Waals surface area (Å²) in [5.74, 6) is 0.195. The van der Waals surface area contributed by atoms with E-state index in [1.807, 2.05) is 26.0 Å². The van der Waals surface area contributed by atoms with Gasteiger partial charge in [0.25, 0.3) is 5.56 Å². The number of rotatable bonds is 5. The molecule has 3 N–H and O–H groups in total. The van der Waals surface area contributed by atoms with E-state index in [4.69, 9.17) is 5.11 Å². The lowest BCUT2D eigenvalue weighted by Crippen LogP contribution is -2.29. The Balaban J connectivity index is 2.26. The van der Waals surface area contributed by atoms with Gasteiger partial charge >= 0.3 is 5.69 Å². The van der Waals surface area contributed by atoms with E-state index in [1.54, 1.807) is 4.57 Å². The molecule has 1 aromatic carbocycles. The SMILES string of the molecule is Cc1cc2nc3c(=O)[nH]c(=O)nc-3n(CCC(O)CCO)c2cc1C. The first-order valence-electron chi connectivity index (χ1n) is 8.11. The second-order valence-electron chi connectivity index (χ2n) is 6.19. The summed E-state index contributed by atoms with van der Waals surface area (Å²) in [6.45, 7) is 4.16. The van der Waals surface area contributed by atoms with Crippen LogP contribution in [0.15, 0.2) is 21.7 Å². The number of hydrogen-bond acceptors (Lipinski definition) is 6. The molecule has 0 radical (unpaired) electrons. The molecule has 0 aromatic heterocycles. The topological polar surface area (TPSA) is 121 Å². The lowest BCUT2D eigenvalue weighted by Gasteiger charge is -2.19. The minimum Gasteiger partial charge on any atom is -0.396 e. The lowest BCUT2D eigenvalue weighted by molar-refractivity contribution is 0.121. The van der Waals surface area contributed by atoms with Crippen LogP contribution in [0.1, 0.15) is 24.0 Å². The zero-order valence-corrected chi connectivity index (χ0v) is 14.1.